The van der Waals surface area contributed by atoms with E-state index < -0.39 is 29.1 Å². The molecule has 0 bridgehead atoms. The van der Waals surface area contributed by atoms with Crippen molar-refractivity contribution in [2.45, 2.75) is 26.3 Å². The third kappa shape index (κ3) is 3.09. The van der Waals surface area contributed by atoms with E-state index in [2.05, 4.69) is 5.32 Å². The third-order valence-corrected chi connectivity index (χ3v) is 2.37. The molecule has 3 nitrogen and oxygen atoms in total. The number of benzene rings is 1. The fourth-order valence-corrected chi connectivity index (χ4v) is 1.37. The van der Waals surface area contributed by atoms with Crippen LogP contribution in [0.3, 0.4) is 0 Å². The minimum absolute atomic E-state index is 0.199. The highest BCUT2D eigenvalue weighted by molar-refractivity contribution is 5.98. The van der Waals surface area contributed by atoms with Crippen LogP contribution in [0.2, 0.25) is 0 Å². The molecule has 17 heavy (non-hydrogen) atoms. The van der Waals surface area contributed by atoms with Gasteiger partial charge in [-0.05, 0) is 19.1 Å². The summed E-state index contributed by atoms with van der Waals surface area (Å²) in [5.74, 6) is -3.01. The lowest BCUT2D eigenvalue weighted by Gasteiger charge is -2.12. The number of ketones is 1. The van der Waals surface area contributed by atoms with Gasteiger partial charge >= 0.3 is 0 Å². The summed E-state index contributed by atoms with van der Waals surface area (Å²) in [5.41, 5.74) is -0.664. The molecule has 0 heterocycles. The minimum atomic E-state index is -0.946. The van der Waals surface area contributed by atoms with Crippen LogP contribution < -0.4 is 5.32 Å². The summed E-state index contributed by atoms with van der Waals surface area (Å²) in [6, 6.07) is 2.39. The van der Waals surface area contributed by atoms with E-state index in [0.29, 0.717) is 0 Å². The second-order valence-electron chi connectivity index (χ2n) is 3.61. The molecule has 1 atom stereocenters. The lowest BCUT2D eigenvalue weighted by Crippen LogP contribution is -2.39. The molecule has 1 unspecified atom stereocenters. The first-order chi connectivity index (χ1) is 7.97. The molecule has 1 aromatic rings. The maximum Gasteiger partial charge on any atom is 0.257 e. The van der Waals surface area contributed by atoms with Gasteiger partial charge in [-0.25, -0.2) is 8.78 Å². The van der Waals surface area contributed by atoms with Crippen LogP contribution in [0.1, 0.15) is 30.6 Å². The first-order valence-corrected chi connectivity index (χ1v) is 5.25. The van der Waals surface area contributed by atoms with Crippen molar-refractivity contribution in [3.63, 3.8) is 0 Å². The van der Waals surface area contributed by atoms with Gasteiger partial charge in [-0.2, -0.15) is 0 Å². The Bertz CT molecular complexity index is 426. The second-order valence-corrected chi connectivity index (χ2v) is 3.61. The van der Waals surface area contributed by atoms with Crippen LogP contribution in [-0.4, -0.2) is 17.7 Å². The summed E-state index contributed by atoms with van der Waals surface area (Å²) in [7, 11) is 0. The van der Waals surface area contributed by atoms with Crippen molar-refractivity contribution in [3.8, 4) is 0 Å². The number of carbonyl (C=O) groups is 2. The molecular weight excluding hydrogens is 228 g/mol. The number of hydrogen-bond donors (Lipinski definition) is 1. The molecule has 0 aliphatic heterocycles. The Hall–Kier alpha value is -1.78. The Balaban J connectivity index is 2.87. The van der Waals surface area contributed by atoms with Crippen molar-refractivity contribution in [2.75, 3.05) is 0 Å². The predicted octanol–water partition coefficient (Wildman–Crippen LogP) is 2.06. The average Bonchev–Trinajstić information content (AvgIpc) is 2.27. The Morgan fingerprint density at radius 2 is 1.82 bits per heavy atom. The molecule has 0 spiro atoms. The average molecular weight is 241 g/mol. The van der Waals surface area contributed by atoms with Crippen molar-refractivity contribution in [3.05, 3.63) is 35.4 Å². The number of carbonyl (C=O) groups excluding carboxylic acids is 2. The van der Waals surface area contributed by atoms with Gasteiger partial charge in [0.2, 0.25) is 0 Å². The zero-order valence-electron chi connectivity index (χ0n) is 9.59. The van der Waals surface area contributed by atoms with E-state index in [1.165, 1.54) is 13.0 Å². The Kier molecular flexibility index (Phi) is 4.31. The molecule has 0 aliphatic rings. The normalized spacial score (nSPS) is 12.0. The van der Waals surface area contributed by atoms with Crippen molar-refractivity contribution in [1.29, 1.82) is 0 Å². The number of rotatable bonds is 4. The highest BCUT2D eigenvalue weighted by Gasteiger charge is 2.20. The van der Waals surface area contributed by atoms with Crippen molar-refractivity contribution in [2.24, 2.45) is 0 Å². The van der Waals surface area contributed by atoms with E-state index in [0.717, 1.165) is 12.1 Å². The Labute approximate surface area is 97.8 Å². The topological polar surface area (TPSA) is 46.2 Å². The number of hydrogen-bond acceptors (Lipinski definition) is 2. The smallest absolute Gasteiger partial charge is 0.257 e. The molecule has 1 aromatic carbocycles. The maximum atomic E-state index is 13.2. The third-order valence-electron chi connectivity index (χ3n) is 2.37. The summed E-state index contributed by atoms with van der Waals surface area (Å²) in [4.78, 5) is 22.8. The quantitative estimate of drug-likeness (QED) is 0.877. The predicted molar refractivity (Wildman–Crippen MR) is 58.6 cm³/mol. The first kappa shape index (κ1) is 13.3. The van der Waals surface area contributed by atoms with E-state index in [1.54, 1.807) is 6.92 Å². The van der Waals surface area contributed by atoms with Crippen LogP contribution >= 0.6 is 0 Å². The van der Waals surface area contributed by atoms with Crippen LogP contribution in [0, 0.1) is 11.6 Å². The fraction of sp³-hybridized carbons (Fsp3) is 0.333. The number of halogens is 2. The standard InChI is InChI=1S/C12H13F2NO2/c1-3-10(16)7(2)15-12(17)11-8(13)5-4-6-9(11)14/h4-7H,3H2,1-2H3,(H,15,17). The molecule has 0 aliphatic carbocycles. The number of Topliss-reactive ketones (excluding diaryl/α,β-unsaturated/α-hetero) is 1. The van der Waals surface area contributed by atoms with Crippen molar-refractivity contribution >= 4 is 11.7 Å². The number of nitrogens with one attached hydrogen (secondary N) is 1. The molecule has 5 heteroatoms. The summed E-state index contributed by atoms with van der Waals surface area (Å²) in [6.07, 6.45) is 0.251. The molecule has 0 saturated carbocycles. The fourth-order valence-electron chi connectivity index (χ4n) is 1.37. The van der Waals surface area contributed by atoms with Crippen LogP contribution in [0.15, 0.2) is 18.2 Å². The molecule has 0 saturated heterocycles. The van der Waals surface area contributed by atoms with E-state index >= 15 is 0 Å². The molecule has 92 valence electrons. The van der Waals surface area contributed by atoms with Crippen molar-refractivity contribution in [1.82, 2.24) is 5.32 Å². The van der Waals surface area contributed by atoms with Gasteiger partial charge in [0.05, 0.1) is 6.04 Å². The highest BCUT2D eigenvalue weighted by Crippen LogP contribution is 2.12. The Morgan fingerprint density at radius 3 is 2.29 bits per heavy atom. The second kappa shape index (κ2) is 5.52. The molecule has 0 radical (unpaired) electrons. The van der Waals surface area contributed by atoms with Gasteiger partial charge in [-0.15, -0.1) is 0 Å². The highest BCUT2D eigenvalue weighted by atomic mass is 19.1. The summed E-state index contributed by atoms with van der Waals surface area (Å²) < 4.78 is 26.5. The largest absolute Gasteiger partial charge is 0.342 e. The van der Waals surface area contributed by atoms with Crippen molar-refractivity contribution < 1.29 is 18.4 Å². The summed E-state index contributed by atoms with van der Waals surface area (Å²) in [6.45, 7) is 3.12. The van der Waals surface area contributed by atoms with E-state index in [-0.39, 0.29) is 12.2 Å². The van der Waals surface area contributed by atoms with Crippen LogP contribution in [0.4, 0.5) is 8.78 Å². The molecule has 1 amide bonds. The lowest BCUT2D eigenvalue weighted by molar-refractivity contribution is -0.120. The van der Waals surface area contributed by atoms with E-state index in [1.807, 2.05) is 0 Å². The SMILES string of the molecule is CCC(=O)C(C)NC(=O)c1c(F)cccc1F. The lowest BCUT2D eigenvalue weighted by atomic mass is 10.1. The summed E-state index contributed by atoms with van der Waals surface area (Å²) >= 11 is 0. The van der Waals surface area contributed by atoms with Gasteiger partial charge in [0.15, 0.2) is 5.78 Å². The van der Waals surface area contributed by atoms with Crippen LogP contribution in [-0.2, 0) is 4.79 Å². The van der Waals surface area contributed by atoms with Gasteiger partial charge in [-0.3, -0.25) is 9.59 Å². The molecule has 0 fully saturated rings. The molecular formula is C12H13F2NO2. The van der Waals surface area contributed by atoms with E-state index in [4.69, 9.17) is 0 Å². The summed E-state index contributed by atoms with van der Waals surface area (Å²) in [5, 5.41) is 2.26. The number of amides is 1. The minimum Gasteiger partial charge on any atom is -0.342 e. The molecule has 0 aromatic heterocycles. The van der Waals surface area contributed by atoms with Crippen LogP contribution in [0.25, 0.3) is 0 Å². The van der Waals surface area contributed by atoms with Gasteiger partial charge in [0.1, 0.15) is 17.2 Å². The van der Waals surface area contributed by atoms with Gasteiger partial charge < -0.3 is 5.32 Å². The monoisotopic (exact) mass is 241 g/mol. The van der Waals surface area contributed by atoms with E-state index in [9.17, 15) is 18.4 Å². The zero-order valence-corrected chi connectivity index (χ0v) is 9.59. The van der Waals surface area contributed by atoms with Gasteiger partial charge in [0.25, 0.3) is 5.91 Å². The van der Waals surface area contributed by atoms with Gasteiger partial charge in [-0.1, -0.05) is 13.0 Å². The first-order valence-electron chi connectivity index (χ1n) is 5.25. The maximum absolute atomic E-state index is 13.2. The zero-order chi connectivity index (χ0) is 13.0. The molecule has 1 N–H and O–H groups in total. The van der Waals surface area contributed by atoms with Gasteiger partial charge in [0, 0.05) is 6.42 Å². The molecule has 1 rings (SSSR count). The van der Waals surface area contributed by atoms with Crippen LogP contribution in [0.5, 0.6) is 0 Å². The Morgan fingerprint density at radius 1 is 1.29 bits per heavy atom.